The Morgan fingerprint density at radius 3 is 2.76 bits per heavy atom. The largest absolute Gasteiger partial charge is 0.419 e. The first kappa shape index (κ1) is 15.1. The number of aromatic nitrogens is 5. The van der Waals surface area contributed by atoms with Crippen molar-refractivity contribution in [2.24, 2.45) is 7.05 Å². The molecule has 1 N–H and O–H groups in total. The lowest BCUT2D eigenvalue weighted by Gasteiger charge is -2.14. The molecule has 0 aliphatic carbocycles. The Bertz CT molecular complexity index is 1080. The van der Waals surface area contributed by atoms with Crippen molar-refractivity contribution in [3.05, 3.63) is 64.9 Å². The Morgan fingerprint density at radius 2 is 1.96 bits per heavy atom. The van der Waals surface area contributed by atoms with Gasteiger partial charge in [0.2, 0.25) is 0 Å². The second-order valence-corrected chi connectivity index (χ2v) is 5.76. The summed E-state index contributed by atoms with van der Waals surface area (Å²) in [5.74, 6) is 0.300. The van der Waals surface area contributed by atoms with E-state index in [4.69, 9.17) is 4.42 Å². The van der Waals surface area contributed by atoms with Crippen molar-refractivity contribution in [2.45, 2.75) is 13.0 Å². The Morgan fingerprint density at radius 1 is 1.16 bits per heavy atom. The molecule has 1 atom stereocenters. The molecule has 2 heterocycles. The van der Waals surface area contributed by atoms with Crippen molar-refractivity contribution in [3.8, 4) is 5.69 Å². The van der Waals surface area contributed by atoms with E-state index in [1.807, 2.05) is 49.4 Å². The number of aryl methyl sites for hydroxylation is 1. The minimum atomic E-state index is -0.381. The lowest BCUT2D eigenvalue weighted by molar-refractivity contribution is 0.528. The molecule has 2 aromatic carbocycles. The van der Waals surface area contributed by atoms with Crippen LogP contribution in [-0.2, 0) is 7.05 Å². The summed E-state index contributed by atoms with van der Waals surface area (Å²) in [6, 6.07) is 15.1. The van der Waals surface area contributed by atoms with Gasteiger partial charge >= 0.3 is 5.76 Å². The molecule has 0 spiro atoms. The summed E-state index contributed by atoms with van der Waals surface area (Å²) in [5.41, 5.74) is 2.99. The predicted octanol–water partition coefficient (Wildman–Crippen LogP) is 2.28. The molecular formula is C17H16N6O2. The van der Waals surface area contributed by atoms with Gasteiger partial charge in [-0.05, 0) is 41.6 Å². The minimum Gasteiger partial charge on any atom is -0.408 e. The molecule has 0 fully saturated rings. The number of benzene rings is 2. The number of fused-ring (bicyclic) bond motifs is 1. The van der Waals surface area contributed by atoms with Gasteiger partial charge in [-0.1, -0.05) is 18.2 Å². The Kier molecular flexibility index (Phi) is 3.57. The van der Waals surface area contributed by atoms with Crippen LogP contribution in [0.1, 0.15) is 18.8 Å². The first-order chi connectivity index (χ1) is 12.1. The van der Waals surface area contributed by atoms with Gasteiger partial charge in [0.1, 0.15) is 0 Å². The number of tetrazole rings is 1. The normalized spacial score (nSPS) is 12.4. The Labute approximate surface area is 142 Å². The van der Waals surface area contributed by atoms with E-state index in [2.05, 4.69) is 20.8 Å². The van der Waals surface area contributed by atoms with E-state index in [1.165, 1.54) is 4.57 Å². The number of para-hydroxylation sites is 1. The smallest absolute Gasteiger partial charge is 0.408 e. The Hall–Kier alpha value is -3.42. The van der Waals surface area contributed by atoms with Gasteiger partial charge in [-0.25, -0.2) is 4.79 Å². The van der Waals surface area contributed by atoms with Gasteiger partial charge in [-0.3, -0.25) is 4.57 Å². The van der Waals surface area contributed by atoms with Crippen molar-refractivity contribution in [3.63, 3.8) is 0 Å². The third-order valence-corrected chi connectivity index (χ3v) is 4.06. The fourth-order valence-corrected chi connectivity index (χ4v) is 2.76. The van der Waals surface area contributed by atoms with E-state index in [0.717, 1.165) is 16.9 Å². The molecule has 0 aliphatic heterocycles. The minimum absolute atomic E-state index is 0.150. The molecule has 0 amide bonds. The van der Waals surface area contributed by atoms with Crippen LogP contribution in [0.25, 0.3) is 16.8 Å². The molecule has 1 unspecified atom stereocenters. The lowest BCUT2D eigenvalue weighted by Crippen LogP contribution is -2.13. The number of anilines is 1. The molecule has 2 aromatic heterocycles. The zero-order valence-corrected chi connectivity index (χ0v) is 13.7. The molecule has 126 valence electrons. The zero-order valence-electron chi connectivity index (χ0n) is 13.7. The van der Waals surface area contributed by atoms with Gasteiger partial charge in [-0.2, -0.15) is 4.68 Å². The van der Waals surface area contributed by atoms with Crippen molar-refractivity contribution in [1.82, 2.24) is 24.8 Å². The van der Waals surface area contributed by atoms with Crippen LogP contribution in [0.3, 0.4) is 0 Å². The van der Waals surface area contributed by atoms with Crippen LogP contribution in [0.2, 0.25) is 0 Å². The maximum Gasteiger partial charge on any atom is 0.419 e. The third-order valence-electron chi connectivity index (χ3n) is 4.06. The predicted molar refractivity (Wildman–Crippen MR) is 92.6 cm³/mol. The highest BCUT2D eigenvalue weighted by molar-refractivity contribution is 5.77. The van der Waals surface area contributed by atoms with Gasteiger partial charge in [-0.15, -0.1) is 5.10 Å². The fourth-order valence-electron chi connectivity index (χ4n) is 2.76. The molecular weight excluding hydrogens is 320 g/mol. The van der Waals surface area contributed by atoms with Crippen LogP contribution < -0.4 is 11.1 Å². The van der Waals surface area contributed by atoms with E-state index in [0.29, 0.717) is 11.4 Å². The maximum absolute atomic E-state index is 11.6. The number of nitrogens with one attached hydrogen (secondary N) is 1. The first-order valence-corrected chi connectivity index (χ1v) is 7.83. The molecule has 0 saturated carbocycles. The summed E-state index contributed by atoms with van der Waals surface area (Å²) in [4.78, 5) is 11.6. The Balaban J connectivity index is 1.64. The zero-order chi connectivity index (χ0) is 17.4. The van der Waals surface area contributed by atoms with Gasteiger partial charge in [0.15, 0.2) is 11.4 Å². The number of rotatable bonds is 4. The van der Waals surface area contributed by atoms with E-state index in [1.54, 1.807) is 17.8 Å². The molecule has 0 saturated heterocycles. The summed E-state index contributed by atoms with van der Waals surface area (Å²) in [5, 5.41) is 15.3. The number of hydrogen-bond acceptors (Lipinski definition) is 6. The quantitative estimate of drug-likeness (QED) is 0.615. The summed E-state index contributed by atoms with van der Waals surface area (Å²) < 4.78 is 8.39. The van der Waals surface area contributed by atoms with Gasteiger partial charge in [0, 0.05) is 18.8 Å². The molecule has 8 nitrogen and oxygen atoms in total. The van der Waals surface area contributed by atoms with Crippen LogP contribution in [0, 0.1) is 0 Å². The average Bonchev–Trinajstić information content (AvgIpc) is 3.21. The number of oxazole rings is 1. The van der Waals surface area contributed by atoms with E-state index in [9.17, 15) is 4.79 Å². The molecule has 0 aliphatic rings. The van der Waals surface area contributed by atoms with Crippen molar-refractivity contribution < 1.29 is 4.42 Å². The molecule has 25 heavy (non-hydrogen) atoms. The maximum atomic E-state index is 11.6. The van der Waals surface area contributed by atoms with Crippen molar-refractivity contribution in [1.29, 1.82) is 0 Å². The van der Waals surface area contributed by atoms with Crippen molar-refractivity contribution in [2.75, 3.05) is 5.32 Å². The second kappa shape index (κ2) is 5.90. The highest BCUT2D eigenvalue weighted by atomic mass is 16.4. The monoisotopic (exact) mass is 336 g/mol. The van der Waals surface area contributed by atoms with Gasteiger partial charge in [0.25, 0.3) is 0 Å². The molecule has 0 bridgehead atoms. The van der Waals surface area contributed by atoms with Crippen LogP contribution in [0.15, 0.2) is 57.7 Å². The lowest BCUT2D eigenvalue weighted by atomic mass is 10.2. The van der Waals surface area contributed by atoms with Gasteiger partial charge in [0.05, 0.1) is 17.2 Å². The standard InChI is InChI=1S/C17H16N6O2/c1-11(16-19-20-21-23(16)13-6-4-3-5-7-13)18-12-8-9-14-15(10-12)25-17(24)22(14)2/h3-11,18H,1-2H3. The first-order valence-electron chi connectivity index (χ1n) is 7.83. The molecule has 4 aromatic rings. The fraction of sp³-hybridized carbons (Fsp3) is 0.176. The topological polar surface area (TPSA) is 90.8 Å². The van der Waals surface area contributed by atoms with Crippen LogP contribution >= 0.6 is 0 Å². The van der Waals surface area contributed by atoms with Crippen LogP contribution in [-0.4, -0.2) is 24.8 Å². The highest BCUT2D eigenvalue weighted by Gasteiger charge is 2.16. The summed E-state index contributed by atoms with van der Waals surface area (Å²) in [6.45, 7) is 1.97. The van der Waals surface area contributed by atoms with E-state index in [-0.39, 0.29) is 11.8 Å². The van der Waals surface area contributed by atoms with Crippen molar-refractivity contribution >= 4 is 16.8 Å². The highest BCUT2D eigenvalue weighted by Crippen LogP contribution is 2.22. The van der Waals surface area contributed by atoms with Crippen LogP contribution in [0.5, 0.6) is 0 Å². The number of nitrogens with zero attached hydrogens (tertiary/aromatic N) is 5. The SMILES string of the molecule is CC(Nc1ccc2c(c1)oc(=O)n2C)c1nnnn1-c1ccccc1. The molecule has 0 radical (unpaired) electrons. The van der Waals surface area contributed by atoms with Crippen LogP contribution in [0.4, 0.5) is 5.69 Å². The average molecular weight is 336 g/mol. The summed E-state index contributed by atoms with van der Waals surface area (Å²) in [7, 11) is 1.68. The number of hydrogen-bond donors (Lipinski definition) is 1. The van der Waals surface area contributed by atoms with Gasteiger partial charge < -0.3 is 9.73 Å². The molecule has 4 rings (SSSR count). The van der Waals surface area contributed by atoms with E-state index >= 15 is 0 Å². The second-order valence-electron chi connectivity index (χ2n) is 5.76. The van der Waals surface area contributed by atoms with E-state index < -0.39 is 0 Å². The third kappa shape index (κ3) is 2.67. The molecule has 8 heteroatoms. The summed E-state index contributed by atoms with van der Waals surface area (Å²) >= 11 is 0. The summed E-state index contributed by atoms with van der Waals surface area (Å²) in [6.07, 6.45) is 0.